The smallest absolute Gasteiger partial charge is 0.258 e. The number of halogens is 1. The quantitative estimate of drug-likeness (QED) is 0.714. The molecule has 1 amide bonds. The minimum Gasteiger partial charge on any atom is -0.483 e. The van der Waals surface area contributed by atoms with Crippen LogP contribution in [0.4, 0.5) is 4.39 Å². The number of ether oxygens (including phenoxy) is 1. The van der Waals surface area contributed by atoms with Crippen LogP contribution in [0.5, 0.6) is 5.75 Å². The highest BCUT2D eigenvalue weighted by molar-refractivity contribution is 5.77. The van der Waals surface area contributed by atoms with Crippen LogP contribution in [-0.2, 0) is 11.3 Å². The molecule has 0 atom stereocenters. The van der Waals surface area contributed by atoms with Crippen molar-refractivity contribution in [2.75, 3.05) is 19.7 Å². The van der Waals surface area contributed by atoms with Crippen molar-refractivity contribution < 1.29 is 13.9 Å². The molecular weight excluding hydrogens is 273 g/mol. The number of benzene rings is 1. The first-order valence-electron chi connectivity index (χ1n) is 6.78. The fraction of sp³-hybridized carbons (Fsp3) is 0.467. The summed E-state index contributed by atoms with van der Waals surface area (Å²) in [7, 11) is 0. The van der Waals surface area contributed by atoms with Gasteiger partial charge in [-0.25, -0.2) is 4.39 Å². The number of hydrogen-bond donors (Lipinski definition) is 2. The molecule has 6 heteroatoms. The first-order valence-corrected chi connectivity index (χ1v) is 6.78. The maximum atomic E-state index is 13.3. The Hall–Kier alpha value is -2.13. The van der Waals surface area contributed by atoms with Crippen LogP contribution in [0.1, 0.15) is 19.4 Å². The van der Waals surface area contributed by atoms with Crippen molar-refractivity contribution in [2.24, 2.45) is 5.92 Å². The summed E-state index contributed by atoms with van der Waals surface area (Å²) in [5, 5.41) is 13.9. The Morgan fingerprint density at radius 3 is 2.90 bits per heavy atom. The molecule has 0 aromatic heterocycles. The van der Waals surface area contributed by atoms with Gasteiger partial charge in [0.25, 0.3) is 5.91 Å². The minimum absolute atomic E-state index is 0.0611. The Balaban J connectivity index is 2.60. The Bertz CT molecular complexity index is 512. The SMILES string of the molecule is CC(C)CNCc1cc(F)ccc1OCC(=O)NCC#N. The lowest BCUT2D eigenvalue weighted by atomic mass is 10.1. The van der Waals surface area contributed by atoms with Gasteiger partial charge in [0.05, 0.1) is 6.07 Å². The van der Waals surface area contributed by atoms with E-state index < -0.39 is 0 Å². The molecule has 0 fully saturated rings. The van der Waals surface area contributed by atoms with E-state index in [0.29, 0.717) is 23.8 Å². The fourth-order valence-electron chi connectivity index (χ4n) is 1.65. The standard InChI is InChI=1S/C15H20FN3O2/c1-11(2)8-18-9-12-7-13(16)3-4-14(12)21-10-15(20)19-6-5-17/h3-4,7,11,18H,6,8-10H2,1-2H3,(H,19,20). The van der Waals surface area contributed by atoms with Gasteiger partial charge in [0.2, 0.25) is 0 Å². The van der Waals surface area contributed by atoms with E-state index in [4.69, 9.17) is 10.00 Å². The van der Waals surface area contributed by atoms with Crippen LogP contribution in [0.25, 0.3) is 0 Å². The zero-order valence-corrected chi connectivity index (χ0v) is 12.3. The van der Waals surface area contributed by atoms with Crippen molar-refractivity contribution in [2.45, 2.75) is 20.4 Å². The molecule has 114 valence electrons. The molecule has 21 heavy (non-hydrogen) atoms. The molecule has 0 heterocycles. The molecule has 1 aromatic carbocycles. The first kappa shape index (κ1) is 16.9. The molecule has 2 N–H and O–H groups in total. The molecule has 0 aliphatic rings. The van der Waals surface area contributed by atoms with Crippen molar-refractivity contribution in [3.05, 3.63) is 29.6 Å². The van der Waals surface area contributed by atoms with Gasteiger partial charge in [0, 0.05) is 12.1 Å². The monoisotopic (exact) mass is 293 g/mol. The van der Waals surface area contributed by atoms with E-state index in [1.54, 1.807) is 6.07 Å². The summed E-state index contributed by atoms with van der Waals surface area (Å²) in [5.41, 5.74) is 0.656. The van der Waals surface area contributed by atoms with Crippen LogP contribution >= 0.6 is 0 Å². The third kappa shape index (κ3) is 6.72. The summed E-state index contributed by atoms with van der Waals surface area (Å²) in [6.45, 7) is 5.16. The molecule has 0 radical (unpaired) electrons. The third-order valence-corrected chi connectivity index (χ3v) is 2.61. The Morgan fingerprint density at radius 2 is 2.24 bits per heavy atom. The van der Waals surface area contributed by atoms with Gasteiger partial charge in [0.1, 0.15) is 18.1 Å². The molecule has 0 saturated heterocycles. The second-order valence-electron chi connectivity index (χ2n) is 5.00. The minimum atomic E-state index is -0.387. The number of nitrogens with zero attached hydrogens (tertiary/aromatic N) is 1. The topological polar surface area (TPSA) is 74.2 Å². The van der Waals surface area contributed by atoms with Crippen molar-refractivity contribution in [3.8, 4) is 11.8 Å². The largest absolute Gasteiger partial charge is 0.483 e. The zero-order valence-electron chi connectivity index (χ0n) is 12.3. The average molecular weight is 293 g/mol. The van der Waals surface area contributed by atoms with Gasteiger partial charge in [-0.3, -0.25) is 4.79 Å². The van der Waals surface area contributed by atoms with E-state index in [0.717, 1.165) is 6.54 Å². The van der Waals surface area contributed by atoms with Gasteiger partial charge in [-0.05, 0) is 30.7 Å². The maximum absolute atomic E-state index is 13.3. The van der Waals surface area contributed by atoms with Gasteiger partial charge in [-0.1, -0.05) is 13.8 Å². The summed E-state index contributed by atoms with van der Waals surface area (Å²) in [6.07, 6.45) is 0. The predicted octanol–water partition coefficient (Wildman–Crippen LogP) is 1.59. The third-order valence-electron chi connectivity index (χ3n) is 2.61. The molecule has 0 bridgehead atoms. The van der Waals surface area contributed by atoms with Crippen molar-refractivity contribution in [1.82, 2.24) is 10.6 Å². The normalized spacial score (nSPS) is 10.2. The molecule has 5 nitrogen and oxygen atoms in total. The van der Waals surface area contributed by atoms with Crippen molar-refractivity contribution in [1.29, 1.82) is 5.26 Å². The van der Waals surface area contributed by atoms with E-state index in [9.17, 15) is 9.18 Å². The molecule has 0 saturated carbocycles. The van der Waals surface area contributed by atoms with Gasteiger partial charge in [-0.15, -0.1) is 0 Å². The Morgan fingerprint density at radius 1 is 1.48 bits per heavy atom. The van der Waals surface area contributed by atoms with E-state index in [1.165, 1.54) is 18.2 Å². The second-order valence-corrected chi connectivity index (χ2v) is 5.00. The number of nitrogens with one attached hydrogen (secondary N) is 2. The number of rotatable bonds is 8. The summed E-state index contributed by atoms with van der Waals surface area (Å²) in [4.78, 5) is 11.4. The van der Waals surface area contributed by atoms with Crippen LogP contribution in [0.3, 0.4) is 0 Å². The molecule has 0 spiro atoms. The van der Waals surface area contributed by atoms with Gasteiger partial charge in [-0.2, -0.15) is 5.26 Å². The van der Waals surface area contributed by atoms with E-state index in [2.05, 4.69) is 24.5 Å². The number of hydrogen-bond acceptors (Lipinski definition) is 4. The van der Waals surface area contributed by atoms with Gasteiger partial charge < -0.3 is 15.4 Å². The molecular formula is C15H20FN3O2. The van der Waals surface area contributed by atoms with Gasteiger partial charge >= 0.3 is 0 Å². The lowest BCUT2D eigenvalue weighted by Gasteiger charge is -2.13. The van der Waals surface area contributed by atoms with Crippen LogP contribution in [0.15, 0.2) is 18.2 Å². The molecule has 0 aliphatic heterocycles. The van der Waals surface area contributed by atoms with E-state index in [-0.39, 0.29) is 24.9 Å². The molecule has 1 rings (SSSR count). The van der Waals surface area contributed by atoms with Crippen molar-refractivity contribution in [3.63, 3.8) is 0 Å². The highest BCUT2D eigenvalue weighted by Gasteiger charge is 2.08. The van der Waals surface area contributed by atoms with Crippen molar-refractivity contribution >= 4 is 5.91 Å². The van der Waals surface area contributed by atoms with Crippen LogP contribution in [-0.4, -0.2) is 25.6 Å². The van der Waals surface area contributed by atoms with E-state index in [1.807, 2.05) is 0 Å². The van der Waals surface area contributed by atoms with Crippen LogP contribution in [0, 0.1) is 23.1 Å². The van der Waals surface area contributed by atoms with Gasteiger partial charge in [0.15, 0.2) is 6.61 Å². The van der Waals surface area contributed by atoms with Crippen LogP contribution < -0.4 is 15.4 Å². The average Bonchev–Trinajstić information content (AvgIpc) is 2.43. The molecule has 1 aromatic rings. The first-order chi connectivity index (χ1) is 10.0. The number of carbonyl (C=O) groups excluding carboxylic acids is 1. The molecule has 0 unspecified atom stereocenters. The summed E-state index contributed by atoms with van der Waals surface area (Å²) < 4.78 is 18.7. The maximum Gasteiger partial charge on any atom is 0.258 e. The highest BCUT2D eigenvalue weighted by Crippen LogP contribution is 2.19. The summed E-state index contributed by atoms with van der Waals surface area (Å²) >= 11 is 0. The number of amides is 1. The highest BCUT2D eigenvalue weighted by atomic mass is 19.1. The number of nitriles is 1. The second kappa shape index (κ2) is 8.93. The summed E-state index contributed by atoms with van der Waals surface area (Å²) in [6, 6.07) is 5.98. The Kier molecular flexibility index (Phi) is 7.19. The van der Waals surface area contributed by atoms with E-state index >= 15 is 0 Å². The zero-order chi connectivity index (χ0) is 15.7. The Labute approximate surface area is 124 Å². The molecule has 0 aliphatic carbocycles. The summed E-state index contributed by atoms with van der Waals surface area (Å²) in [5.74, 6) is 0.207. The lowest BCUT2D eigenvalue weighted by molar-refractivity contribution is -0.122. The predicted molar refractivity (Wildman–Crippen MR) is 77.1 cm³/mol. The van der Waals surface area contributed by atoms with Crippen LogP contribution in [0.2, 0.25) is 0 Å². The fourth-order valence-corrected chi connectivity index (χ4v) is 1.65. The lowest BCUT2D eigenvalue weighted by Crippen LogP contribution is -2.29. The number of carbonyl (C=O) groups is 1.